The average Bonchev–Trinajstić information content (AvgIpc) is 3.43. The zero-order chi connectivity index (χ0) is 19.3. The molecule has 28 heavy (non-hydrogen) atoms. The van der Waals surface area contributed by atoms with E-state index in [1.54, 1.807) is 12.4 Å². The van der Waals surface area contributed by atoms with Gasteiger partial charge in [0.2, 0.25) is 11.8 Å². The summed E-state index contributed by atoms with van der Waals surface area (Å²) in [6.07, 6.45) is 7.74. The summed E-state index contributed by atoms with van der Waals surface area (Å²) in [6.45, 7) is 1.60. The molecule has 1 saturated carbocycles. The summed E-state index contributed by atoms with van der Waals surface area (Å²) in [5, 5.41) is 3.05. The zero-order valence-corrected chi connectivity index (χ0v) is 16.1. The Labute approximate surface area is 166 Å². The molecule has 2 amide bonds. The van der Waals surface area contributed by atoms with Crippen LogP contribution in [0.2, 0.25) is 0 Å². The molecule has 1 N–H and O–H groups in total. The molecule has 2 heterocycles. The van der Waals surface area contributed by atoms with E-state index in [0.29, 0.717) is 19.6 Å². The molecule has 0 bridgehead atoms. The van der Waals surface area contributed by atoms with Gasteiger partial charge in [-0.25, -0.2) is 0 Å². The zero-order valence-electron chi connectivity index (χ0n) is 16.1. The lowest BCUT2D eigenvalue weighted by Gasteiger charge is -2.20. The van der Waals surface area contributed by atoms with Gasteiger partial charge in [0.15, 0.2) is 0 Å². The van der Waals surface area contributed by atoms with Crippen molar-refractivity contribution >= 4 is 11.8 Å². The monoisotopic (exact) mass is 377 g/mol. The summed E-state index contributed by atoms with van der Waals surface area (Å²) >= 11 is 0. The first-order valence-corrected chi connectivity index (χ1v) is 10.2. The van der Waals surface area contributed by atoms with E-state index in [1.807, 2.05) is 35.2 Å². The lowest BCUT2D eigenvalue weighted by molar-refractivity contribution is -0.134. The van der Waals surface area contributed by atoms with Gasteiger partial charge in [-0.3, -0.25) is 14.6 Å². The van der Waals surface area contributed by atoms with Crippen molar-refractivity contribution in [3.63, 3.8) is 0 Å². The quantitative estimate of drug-likeness (QED) is 0.871. The summed E-state index contributed by atoms with van der Waals surface area (Å²) in [4.78, 5) is 32.0. The normalized spacial score (nSPS) is 22.4. The van der Waals surface area contributed by atoms with Crippen LogP contribution >= 0.6 is 0 Å². The first-order valence-electron chi connectivity index (χ1n) is 10.2. The number of nitrogens with one attached hydrogen (secondary N) is 1. The molecule has 5 nitrogen and oxygen atoms in total. The van der Waals surface area contributed by atoms with Crippen molar-refractivity contribution in [2.24, 2.45) is 11.8 Å². The third-order valence-electron chi connectivity index (χ3n) is 6.09. The Kier molecular flexibility index (Phi) is 5.70. The highest BCUT2D eigenvalue weighted by atomic mass is 16.2. The van der Waals surface area contributed by atoms with E-state index in [9.17, 15) is 9.59 Å². The molecule has 1 aromatic carbocycles. The van der Waals surface area contributed by atoms with Crippen LogP contribution in [0.4, 0.5) is 0 Å². The van der Waals surface area contributed by atoms with Crippen molar-refractivity contribution in [3.05, 3.63) is 66.0 Å². The Bertz CT molecular complexity index is 803. The maximum atomic E-state index is 13.0. The van der Waals surface area contributed by atoms with E-state index in [4.69, 9.17) is 0 Å². The highest BCUT2D eigenvalue weighted by molar-refractivity contribution is 5.84. The van der Waals surface area contributed by atoms with Crippen LogP contribution in [-0.2, 0) is 16.1 Å². The van der Waals surface area contributed by atoms with Crippen LogP contribution in [0.1, 0.15) is 42.7 Å². The second-order valence-electron chi connectivity index (χ2n) is 7.93. The van der Waals surface area contributed by atoms with Gasteiger partial charge < -0.3 is 10.2 Å². The fourth-order valence-electron chi connectivity index (χ4n) is 4.54. The van der Waals surface area contributed by atoms with Crippen LogP contribution in [-0.4, -0.2) is 34.8 Å². The number of amides is 2. The molecule has 5 heteroatoms. The van der Waals surface area contributed by atoms with Gasteiger partial charge >= 0.3 is 0 Å². The topological polar surface area (TPSA) is 62.3 Å². The van der Waals surface area contributed by atoms with Gasteiger partial charge in [-0.1, -0.05) is 49.2 Å². The summed E-state index contributed by atoms with van der Waals surface area (Å²) in [6, 6.07) is 13.9. The Morgan fingerprint density at radius 2 is 1.82 bits per heavy atom. The molecule has 0 spiro atoms. The summed E-state index contributed by atoms with van der Waals surface area (Å²) < 4.78 is 0. The molecule has 1 saturated heterocycles. The van der Waals surface area contributed by atoms with E-state index in [-0.39, 0.29) is 29.6 Å². The van der Waals surface area contributed by atoms with E-state index in [2.05, 4.69) is 22.4 Å². The number of likely N-dealkylation sites (tertiary alicyclic amines) is 1. The largest absolute Gasteiger partial charge is 0.352 e. The maximum Gasteiger partial charge on any atom is 0.225 e. The van der Waals surface area contributed by atoms with E-state index >= 15 is 0 Å². The Morgan fingerprint density at radius 1 is 1.04 bits per heavy atom. The molecule has 1 aromatic heterocycles. The number of benzene rings is 1. The minimum atomic E-state index is -0.218. The van der Waals surface area contributed by atoms with Gasteiger partial charge in [0.05, 0.1) is 5.92 Å². The number of hydrogen-bond donors (Lipinski definition) is 1. The SMILES string of the molecule is O=C(NCc1cccnc1)C1CN(C(=O)C2CCCC2)CC1c1ccccc1. The number of carbonyl (C=O) groups excluding carboxylic acids is 2. The number of carbonyl (C=O) groups is 2. The Balaban J connectivity index is 1.48. The number of nitrogens with zero attached hydrogens (tertiary/aromatic N) is 2. The van der Waals surface area contributed by atoms with Crippen LogP contribution in [0.5, 0.6) is 0 Å². The van der Waals surface area contributed by atoms with Gasteiger partial charge in [0, 0.05) is 43.9 Å². The molecule has 0 radical (unpaired) electrons. The highest BCUT2D eigenvalue weighted by Crippen LogP contribution is 2.35. The van der Waals surface area contributed by atoms with Gasteiger partial charge in [-0.2, -0.15) is 0 Å². The van der Waals surface area contributed by atoms with E-state index in [1.165, 1.54) is 0 Å². The van der Waals surface area contributed by atoms with Crippen molar-refractivity contribution < 1.29 is 9.59 Å². The highest BCUT2D eigenvalue weighted by Gasteiger charge is 2.42. The van der Waals surface area contributed by atoms with Gasteiger partial charge in [-0.05, 0) is 30.0 Å². The summed E-state index contributed by atoms with van der Waals surface area (Å²) in [7, 11) is 0. The van der Waals surface area contributed by atoms with Crippen molar-refractivity contribution in [3.8, 4) is 0 Å². The molecule has 2 aromatic rings. The minimum Gasteiger partial charge on any atom is -0.352 e. The van der Waals surface area contributed by atoms with E-state index < -0.39 is 0 Å². The van der Waals surface area contributed by atoms with E-state index in [0.717, 1.165) is 36.8 Å². The maximum absolute atomic E-state index is 13.0. The van der Waals surface area contributed by atoms with Gasteiger partial charge in [-0.15, -0.1) is 0 Å². The molecule has 1 aliphatic heterocycles. The second kappa shape index (κ2) is 8.55. The smallest absolute Gasteiger partial charge is 0.225 e. The Morgan fingerprint density at radius 3 is 2.54 bits per heavy atom. The number of aromatic nitrogens is 1. The molecule has 2 aliphatic rings. The molecule has 4 rings (SSSR count). The minimum absolute atomic E-state index is 0.0134. The van der Waals surface area contributed by atoms with Crippen LogP contribution in [0, 0.1) is 11.8 Å². The van der Waals surface area contributed by atoms with Crippen LogP contribution in [0.25, 0.3) is 0 Å². The predicted octanol–water partition coefficient (Wildman–Crippen LogP) is 3.13. The third kappa shape index (κ3) is 4.08. The lowest BCUT2D eigenvalue weighted by Crippen LogP contribution is -2.36. The second-order valence-corrected chi connectivity index (χ2v) is 7.93. The predicted molar refractivity (Wildman–Crippen MR) is 107 cm³/mol. The molecule has 2 unspecified atom stereocenters. The van der Waals surface area contributed by atoms with Crippen LogP contribution < -0.4 is 5.32 Å². The van der Waals surface area contributed by atoms with Gasteiger partial charge in [0.1, 0.15) is 0 Å². The first kappa shape index (κ1) is 18.7. The molecular formula is C23H27N3O2. The summed E-state index contributed by atoms with van der Waals surface area (Å²) in [5.74, 6) is 0.221. The molecule has 2 fully saturated rings. The standard InChI is InChI=1S/C23H27N3O2/c27-22(25-14-17-7-6-12-24-13-17)21-16-26(23(28)19-10-4-5-11-19)15-20(21)18-8-2-1-3-9-18/h1-3,6-9,12-13,19-21H,4-5,10-11,14-16H2,(H,25,27). The van der Waals surface area contributed by atoms with Gasteiger partial charge in [0.25, 0.3) is 0 Å². The molecule has 2 atom stereocenters. The fourth-order valence-corrected chi connectivity index (χ4v) is 4.54. The van der Waals surface area contributed by atoms with Crippen molar-refractivity contribution in [1.82, 2.24) is 15.2 Å². The summed E-state index contributed by atoms with van der Waals surface area (Å²) in [5.41, 5.74) is 2.11. The number of hydrogen-bond acceptors (Lipinski definition) is 3. The number of rotatable bonds is 5. The first-order chi connectivity index (χ1) is 13.7. The van der Waals surface area contributed by atoms with Crippen molar-refractivity contribution in [2.75, 3.05) is 13.1 Å². The average molecular weight is 377 g/mol. The lowest BCUT2D eigenvalue weighted by atomic mass is 9.88. The molecular weight excluding hydrogens is 350 g/mol. The Hall–Kier alpha value is -2.69. The third-order valence-corrected chi connectivity index (χ3v) is 6.09. The van der Waals surface area contributed by atoms with Crippen LogP contribution in [0.3, 0.4) is 0 Å². The molecule has 1 aliphatic carbocycles. The number of pyridine rings is 1. The fraction of sp³-hybridized carbons (Fsp3) is 0.435. The van der Waals surface area contributed by atoms with Crippen molar-refractivity contribution in [1.29, 1.82) is 0 Å². The van der Waals surface area contributed by atoms with Crippen LogP contribution in [0.15, 0.2) is 54.9 Å². The molecule has 146 valence electrons. The van der Waals surface area contributed by atoms with Crippen molar-refractivity contribution in [2.45, 2.75) is 38.1 Å².